The molecule has 1 saturated heterocycles. The van der Waals surface area contributed by atoms with Gasteiger partial charge in [-0.25, -0.2) is 4.98 Å². The fourth-order valence-electron chi connectivity index (χ4n) is 5.39. The van der Waals surface area contributed by atoms with Gasteiger partial charge in [-0.1, -0.05) is 64.4 Å². The van der Waals surface area contributed by atoms with Crippen LogP contribution in [0.5, 0.6) is 0 Å². The quantitative estimate of drug-likeness (QED) is 0.209. The molecule has 4 amide bonds. The van der Waals surface area contributed by atoms with Crippen LogP contribution in [0, 0.1) is 11.8 Å². The zero-order valence-corrected chi connectivity index (χ0v) is 28.0. The van der Waals surface area contributed by atoms with Crippen molar-refractivity contribution in [3.8, 4) is 0 Å². The highest BCUT2D eigenvalue weighted by Crippen LogP contribution is 2.32. The highest BCUT2D eigenvalue weighted by Gasteiger charge is 2.42. The van der Waals surface area contributed by atoms with Crippen LogP contribution in [-0.4, -0.2) is 83.1 Å². The number of nitrogens with zero attached hydrogens (tertiary/aromatic N) is 3. The average molecular weight is 642 g/mol. The molecule has 2 heterocycles. The number of amides is 4. The Kier molecular flexibility index (Phi) is 13.7. The first-order valence-electron chi connectivity index (χ1n) is 15.7. The molecule has 2 aromatic rings. The zero-order chi connectivity index (χ0) is 33.1. The summed E-state index contributed by atoms with van der Waals surface area (Å²) >= 11 is 1.17. The Hall–Kier alpha value is -3.64. The van der Waals surface area contributed by atoms with E-state index in [0.29, 0.717) is 17.8 Å². The molecule has 246 valence electrons. The molecule has 0 bridgehead atoms. The van der Waals surface area contributed by atoms with Crippen molar-refractivity contribution < 1.29 is 28.7 Å². The van der Waals surface area contributed by atoms with Crippen molar-refractivity contribution in [3.63, 3.8) is 0 Å². The Bertz CT molecular complexity index is 1320. The molecule has 4 atom stereocenters. The predicted octanol–water partition coefficient (Wildman–Crippen LogP) is 3.75. The van der Waals surface area contributed by atoms with Gasteiger partial charge < -0.3 is 15.4 Å². The van der Waals surface area contributed by atoms with Gasteiger partial charge in [0.05, 0.1) is 13.1 Å². The molecule has 0 aliphatic carbocycles. The lowest BCUT2D eigenvalue weighted by Gasteiger charge is -2.26. The van der Waals surface area contributed by atoms with Gasteiger partial charge in [-0.05, 0) is 44.3 Å². The van der Waals surface area contributed by atoms with Gasteiger partial charge in [0.1, 0.15) is 10.7 Å². The molecule has 45 heavy (non-hydrogen) atoms. The van der Waals surface area contributed by atoms with E-state index in [4.69, 9.17) is 4.74 Å². The number of imide groups is 1. The third kappa shape index (κ3) is 10.7. The Morgan fingerprint density at radius 3 is 2.51 bits per heavy atom. The molecule has 0 saturated carbocycles. The van der Waals surface area contributed by atoms with Gasteiger partial charge in [0.2, 0.25) is 17.7 Å². The summed E-state index contributed by atoms with van der Waals surface area (Å²) in [6, 6.07) is 9.05. The van der Waals surface area contributed by atoms with Crippen molar-refractivity contribution in [2.45, 2.75) is 84.9 Å². The number of carbonyl (C=O) groups is 5. The third-order valence-corrected chi connectivity index (χ3v) is 8.82. The number of benzene rings is 1. The van der Waals surface area contributed by atoms with Crippen LogP contribution in [0.25, 0.3) is 0 Å². The van der Waals surface area contributed by atoms with Gasteiger partial charge in [-0.15, -0.1) is 11.3 Å². The first kappa shape index (κ1) is 35.8. The van der Waals surface area contributed by atoms with Crippen LogP contribution in [0.3, 0.4) is 0 Å². The molecule has 11 nitrogen and oxygen atoms in total. The zero-order valence-electron chi connectivity index (χ0n) is 27.2. The molecule has 1 aromatic carbocycles. The minimum Gasteiger partial charge on any atom is -0.455 e. The molecule has 0 radical (unpaired) electrons. The van der Waals surface area contributed by atoms with Gasteiger partial charge in [-0.3, -0.25) is 33.8 Å². The number of hydrogen-bond acceptors (Lipinski definition) is 9. The van der Waals surface area contributed by atoms with Crippen molar-refractivity contribution in [3.05, 3.63) is 52.0 Å². The summed E-state index contributed by atoms with van der Waals surface area (Å²) in [4.78, 5) is 71.6. The second-order valence-electron chi connectivity index (χ2n) is 12.2. The van der Waals surface area contributed by atoms with E-state index < -0.39 is 24.0 Å². The summed E-state index contributed by atoms with van der Waals surface area (Å²) in [5, 5.41) is 7.59. The standard InChI is InChI=1S/C33H47N5O6S/c1-7-8-14-37(6)19-30(41)34-18-29(40)35-26(21(2)3)17-28(44-23(5)39)31-36-27(20-45-31)33(43)38-25(15-22(4)32(38)42)16-24-12-10-9-11-13-24/h9-13,20-22,25-26,28H,7-8,14-19H2,1-6H3,(H,34,41)(H,35,40)/t22-,25?,26?,28?/m0/s1. The van der Waals surface area contributed by atoms with Crippen LogP contribution in [-0.2, 0) is 30.3 Å². The molecule has 3 rings (SSSR count). The summed E-state index contributed by atoms with van der Waals surface area (Å²) in [7, 11) is 1.86. The van der Waals surface area contributed by atoms with E-state index in [2.05, 4.69) is 22.5 Å². The molecule has 1 aromatic heterocycles. The first-order valence-corrected chi connectivity index (χ1v) is 16.6. The second kappa shape index (κ2) is 17.2. The number of aromatic nitrogens is 1. The van der Waals surface area contributed by atoms with Crippen molar-refractivity contribution in [1.82, 2.24) is 25.4 Å². The number of likely N-dealkylation sites (N-methyl/N-ethyl adjacent to an activating group) is 1. The van der Waals surface area contributed by atoms with Crippen LogP contribution in [0.15, 0.2) is 35.7 Å². The Labute approximate surface area is 270 Å². The van der Waals surface area contributed by atoms with Gasteiger partial charge in [0.25, 0.3) is 5.91 Å². The molecule has 0 spiro atoms. The van der Waals surface area contributed by atoms with Crippen molar-refractivity contribution >= 4 is 40.9 Å². The molecule has 2 N–H and O–H groups in total. The number of rotatable bonds is 16. The van der Waals surface area contributed by atoms with Crippen LogP contribution in [0.1, 0.15) is 87.5 Å². The Balaban J connectivity index is 1.68. The maximum absolute atomic E-state index is 13.6. The SMILES string of the molecule is CCCCN(C)CC(=O)NCC(=O)NC(CC(OC(C)=O)c1nc(C(=O)N2C(=O)[C@@H](C)CC2Cc2ccccc2)cs1)C(C)C. The van der Waals surface area contributed by atoms with Gasteiger partial charge >= 0.3 is 5.97 Å². The first-order chi connectivity index (χ1) is 21.4. The van der Waals surface area contributed by atoms with Crippen LogP contribution >= 0.6 is 11.3 Å². The number of esters is 1. The lowest BCUT2D eigenvalue weighted by molar-refractivity contribution is -0.147. The van der Waals surface area contributed by atoms with Gasteiger partial charge in [0, 0.05) is 36.7 Å². The number of thiazole rings is 1. The topological polar surface area (TPSA) is 138 Å². The molecule has 1 fully saturated rings. The maximum Gasteiger partial charge on any atom is 0.303 e. The summed E-state index contributed by atoms with van der Waals surface area (Å²) in [5.41, 5.74) is 1.15. The van der Waals surface area contributed by atoms with Crippen LogP contribution in [0.4, 0.5) is 0 Å². The van der Waals surface area contributed by atoms with Crippen LogP contribution < -0.4 is 10.6 Å². The molecular weight excluding hydrogens is 594 g/mol. The number of carbonyl (C=O) groups excluding carboxylic acids is 5. The number of nitrogens with one attached hydrogen (secondary N) is 2. The summed E-state index contributed by atoms with van der Waals surface area (Å²) in [5.74, 6) is -2.14. The van der Waals surface area contributed by atoms with Gasteiger partial charge in [0.15, 0.2) is 6.10 Å². The smallest absolute Gasteiger partial charge is 0.303 e. The maximum atomic E-state index is 13.6. The van der Waals surface area contributed by atoms with E-state index in [1.807, 2.05) is 63.1 Å². The third-order valence-electron chi connectivity index (χ3n) is 7.88. The molecule has 3 unspecified atom stereocenters. The lowest BCUT2D eigenvalue weighted by Crippen LogP contribution is -2.46. The predicted molar refractivity (Wildman–Crippen MR) is 172 cm³/mol. The monoisotopic (exact) mass is 641 g/mol. The van der Waals surface area contributed by atoms with E-state index in [-0.39, 0.29) is 60.8 Å². The minimum atomic E-state index is -0.822. The fourth-order valence-corrected chi connectivity index (χ4v) is 6.22. The minimum absolute atomic E-state index is 0.0357. The number of unbranched alkanes of at least 4 members (excludes halogenated alkanes) is 1. The number of likely N-dealkylation sites (tertiary alicyclic amines) is 1. The molecule has 12 heteroatoms. The summed E-state index contributed by atoms with van der Waals surface area (Å²) in [6.07, 6.45) is 2.54. The number of ether oxygens (including phenoxy) is 1. The highest BCUT2D eigenvalue weighted by atomic mass is 32.1. The molecule has 1 aliphatic heterocycles. The highest BCUT2D eigenvalue weighted by molar-refractivity contribution is 7.09. The van der Waals surface area contributed by atoms with Gasteiger partial charge in [-0.2, -0.15) is 0 Å². The number of hydrogen-bond donors (Lipinski definition) is 2. The second-order valence-corrected chi connectivity index (χ2v) is 13.1. The van der Waals surface area contributed by atoms with E-state index >= 15 is 0 Å². The average Bonchev–Trinajstić information content (AvgIpc) is 3.58. The lowest BCUT2D eigenvalue weighted by atomic mass is 9.97. The van der Waals surface area contributed by atoms with E-state index in [1.165, 1.54) is 23.2 Å². The normalized spacial score (nSPS) is 17.8. The Morgan fingerprint density at radius 2 is 1.87 bits per heavy atom. The van der Waals surface area contributed by atoms with Crippen molar-refractivity contribution in [2.24, 2.45) is 11.8 Å². The Morgan fingerprint density at radius 1 is 1.16 bits per heavy atom. The fraction of sp³-hybridized carbons (Fsp3) is 0.576. The largest absolute Gasteiger partial charge is 0.455 e. The van der Waals surface area contributed by atoms with E-state index in [1.54, 1.807) is 5.38 Å². The molecule has 1 aliphatic rings. The van der Waals surface area contributed by atoms with E-state index in [0.717, 1.165) is 24.9 Å². The van der Waals surface area contributed by atoms with E-state index in [9.17, 15) is 24.0 Å². The molecular formula is C33H47N5O6S. The summed E-state index contributed by atoms with van der Waals surface area (Å²) in [6.45, 7) is 9.90. The van der Waals surface area contributed by atoms with Crippen LogP contribution in [0.2, 0.25) is 0 Å². The van der Waals surface area contributed by atoms with Crippen molar-refractivity contribution in [2.75, 3.05) is 26.7 Å². The summed E-state index contributed by atoms with van der Waals surface area (Å²) < 4.78 is 5.62. The van der Waals surface area contributed by atoms with Crippen molar-refractivity contribution in [1.29, 1.82) is 0 Å².